The van der Waals surface area contributed by atoms with Gasteiger partial charge in [-0.1, -0.05) is 60.7 Å². The van der Waals surface area contributed by atoms with Crippen molar-refractivity contribution < 1.29 is 28.2 Å². The SMILES string of the molecule is COc1ccc(-c2cc(=O)oc3cc(OC(=O)C(Cc4c[nH]c5ccccc45)NC(=O)OCc4ccccc4)ccc23)cc1. The molecule has 1 amide bonds. The van der Waals surface area contributed by atoms with Crippen LogP contribution < -0.4 is 20.4 Å². The Balaban J connectivity index is 1.25. The first-order valence-electron chi connectivity index (χ1n) is 13.9. The van der Waals surface area contributed by atoms with Crippen LogP contribution in [-0.4, -0.2) is 30.2 Å². The van der Waals surface area contributed by atoms with Crippen molar-refractivity contribution in [2.75, 3.05) is 7.11 Å². The molecule has 2 N–H and O–H groups in total. The molecule has 0 aliphatic carbocycles. The van der Waals surface area contributed by atoms with Crippen LogP contribution in [0, 0.1) is 0 Å². The average Bonchev–Trinajstić information content (AvgIpc) is 3.46. The zero-order chi connectivity index (χ0) is 30.5. The summed E-state index contributed by atoms with van der Waals surface area (Å²) in [5.74, 6) is 0.135. The van der Waals surface area contributed by atoms with E-state index in [2.05, 4.69) is 10.3 Å². The van der Waals surface area contributed by atoms with Gasteiger partial charge in [-0.3, -0.25) is 0 Å². The summed E-state index contributed by atoms with van der Waals surface area (Å²) in [6.07, 6.45) is 1.19. The average molecular weight is 589 g/mol. The van der Waals surface area contributed by atoms with E-state index in [0.717, 1.165) is 27.6 Å². The number of esters is 1. The second kappa shape index (κ2) is 12.6. The Morgan fingerprint density at radius 2 is 1.61 bits per heavy atom. The number of alkyl carbamates (subject to hydrolysis) is 1. The number of ether oxygens (including phenoxy) is 3. The van der Waals surface area contributed by atoms with Crippen LogP contribution >= 0.6 is 0 Å². The fourth-order valence-electron chi connectivity index (χ4n) is 5.02. The number of aromatic amines is 1. The highest BCUT2D eigenvalue weighted by Gasteiger charge is 2.26. The van der Waals surface area contributed by atoms with E-state index in [1.165, 1.54) is 12.1 Å². The summed E-state index contributed by atoms with van der Waals surface area (Å²) in [6, 6.07) is 29.4. The Labute approximate surface area is 252 Å². The van der Waals surface area contributed by atoms with Gasteiger partial charge in [0.25, 0.3) is 0 Å². The van der Waals surface area contributed by atoms with E-state index < -0.39 is 23.7 Å². The molecule has 0 radical (unpaired) electrons. The summed E-state index contributed by atoms with van der Waals surface area (Å²) < 4.78 is 21.8. The van der Waals surface area contributed by atoms with Gasteiger partial charge in [-0.15, -0.1) is 0 Å². The van der Waals surface area contributed by atoms with Gasteiger partial charge in [-0.05, 0) is 52.6 Å². The Morgan fingerprint density at radius 1 is 0.864 bits per heavy atom. The molecule has 2 heterocycles. The summed E-state index contributed by atoms with van der Waals surface area (Å²) >= 11 is 0. The van der Waals surface area contributed by atoms with Crippen molar-refractivity contribution in [1.29, 1.82) is 0 Å². The van der Waals surface area contributed by atoms with Gasteiger partial charge in [0.05, 0.1) is 7.11 Å². The van der Waals surface area contributed by atoms with Gasteiger partial charge in [0, 0.05) is 41.0 Å². The number of fused-ring (bicyclic) bond motifs is 2. The third-order valence-electron chi connectivity index (χ3n) is 7.22. The lowest BCUT2D eigenvalue weighted by atomic mass is 10.0. The van der Waals surface area contributed by atoms with E-state index in [9.17, 15) is 14.4 Å². The minimum atomic E-state index is -1.08. The molecule has 6 rings (SSSR count). The third-order valence-corrected chi connectivity index (χ3v) is 7.22. The normalized spacial score (nSPS) is 11.7. The van der Waals surface area contributed by atoms with Gasteiger partial charge in [0.2, 0.25) is 0 Å². The van der Waals surface area contributed by atoms with Crippen LogP contribution in [0.1, 0.15) is 11.1 Å². The molecule has 0 aliphatic rings. The molecule has 4 aromatic carbocycles. The molecular weight excluding hydrogens is 560 g/mol. The molecule has 2 aromatic heterocycles. The Kier molecular flexibility index (Phi) is 8.09. The lowest BCUT2D eigenvalue weighted by molar-refractivity contribution is -0.136. The number of benzene rings is 4. The van der Waals surface area contributed by atoms with Gasteiger partial charge in [0.15, 0.2) is 0 Å². The molecular formula is C35H28N2O7. The van der Waals surface area contributed by atoms with Crippen LogP contribution in [-0.2, 0) is 22.6 Å². The van der Waals surface area contributed by atoms with Crippen LogP contribution in [0.4, 0.5) is 4.79 Å². The van der Waals surface area contributed by atoms with E-state index in [0.29, 0.717) is 16.7 Å². The topological polar surface area (TPSA) is 120 Å². The maximum atomic E-state index is 13.5. The smallest absolute Gasteiger partial charge is 0.408 e. The summed E-state index contributed by atoms with van der Waals surface area (Å²) in [7, 11) is 1.58. The van der Waals surface area contributed by atoms with Gasteiger partial charge >= 0.3 is 17.7 Å². The number of carbonyl (C=O) groups is 2. The molecule has 0 fully saturated rings. The molecule has 0 aliphatic heterocycles. The van der Waals surface area contributed by atoms with Crippen LogP contribution in [0.25, 0.3) is 33.0 Å². The van der Waals surface area contributed by atoms with E-state index in [1.807, 2.05) is 66.7 Å². The number of amides is 1. The van der Waals surface area contributed by atoms with Gasteiger partial charge < -0.3 is 28.9 Å². The molecule has 1 unspecified atom stereocenters. The number of hydrogen-bond donors (Lipinski definition) is 2. The lowest BCUT2D eigenvalue weighted by Gasteiger charge is -2.18. The van der Waals surface area contributed by atoms with Gasteiger partial charge in [-0.25, -0.2) is 14.4 Å². The number of methoxy groups -OCH3 is 1. The Bertz CT molecular complexity index is 2000. The van der Waals surface area contributed by atoms with Crippen LogP contribution in [0.2, 0.25) is 0 Å². The highest BCUT2D eigenvalue weighted by molar-refractivity contribution is 5.94. The molecule has 220 valence electrons. The van der Waals surface area contributed by atoms with Crippen molar-refractivity contribution in [3.05, 3.63) is 131 Å². The molecule has 0 bridgehead atoms. The van der Waals surface area contributed by atoms with Crippen LogP contribution in [0.3, 0.4) is 0 Å². The monoisotopic (exact) mass is 588 g/mol. The van der Waals surface area contributed by atoms with E-state index in [4.69, 9.17) is 18.6 Å². The highest BCUT2D eigenvalue weighted by Crippen LogP contribution is 2.31. The maximum Gasteiger partial charge on any atom is 0.408 e. The Hall–Kier alpha value is -5.83. The molecule has 9 heteroatoms. The van der Waals surface area contributed by atoms with Crippen molar-refractivity contribution >= 4 is 33.9 Å². The summed E-state index contributed by atoms with van der Waals surface area (Å²) in [5.41, 5.74) is 3.69. The van der Waals surface area contributed by atoms with Gasteiger partial charge in [-0.2, -0.15) is 0 Å². The number of para-hydroxylation sites is 1. The number of hydrogen-bond acceptors (Lipinski definition) is 7. The molecule has 0 spiro atoms. The van der Waals surface area contributed by atoms with E-state index in [1.54, 1.807) is 37.6 Å². The predicted molar refractivity (Wildman–Crippen MR) is 166 cm³/mol. The zero-order valence-electron chi connectivity index (χ0n) is 23.7. The molecule has 1 atom stereocenters. The fourth-order valence-corrected chi connectivity index (χ4v) is 5.02. The van der Waals surface area contributed by atoms with Crippen molar-refractivity contribution in [2.45, 2.75) is 19.1 Å². The first-order valence-corrected chi connectivity index (χ1v) is 13.9. The van der Waals surface area contributed by atoms with Crippen LogP contribution in [0.15, 0.2) is 119 Å². The first kappa shape index (κ1) is 28.3. The standard InChI is InChI=1S/C35H28N2O7/c1-41-25-13-11-23(12-14-25)29-19-33(38)44-32-18-26(15-16-28(29)32)43-34(39)31(17-24-20-36-30-10-6-5-9-27(24)30)37-35(40)42-21-22-7-3-2-4-8-22/h2-16,18-20,31,36H,17,21H2,1H3,(H,37,40). The number of carbonyl (C=O) groups excluding carboxylic acids is 2. The fraction of sp³-hybridized carbons (Fsp3) is 0.114. The lowest BCUT2D eigenvalue weighted by Crippen LogP contribution is -2.44. The van der Waals surface area contributed by atoms with Crippen molar-refractivity contribution in [3.63, 3.8) is 0 Å². The minimum Gasteiger partial charge on any atom is -0.497 e. The number of rotatable bonds is 9. The number of H-pyrrole nitrogens is 1. The maximum absolute atomic E-state index is 13.5. The van der Waals surface area contributed by atoms with Crippen molar-refractivity contribution in [3.8, 4) is 22.6 Å². The highest BCUT2D eigenvalue weighted by atomic mass is 16.6. The second-order valence-corrected chi connectivity index (χ2v) is 10.1. The largest absolute Gasteiger partial charge is 0.497 e. The molecule has 44 heavy (non-hydrogen) atoms. The van der Waals surface area contributed by atoms with Crippen LogP contribution in [0.5, 0.6) is 11.5 Å². The summed E-state index contributed by atoms with van der Waals surface area (Å²) in [6.45, 7) is 0.0434. The summed E-state index contributed by atoms with van der Waals surface area (Å²) in [5, 5.41) is 4.24. The number of aromatic nitrogens is 1. The third kappa shape index (κ3) is 6.32. The first-order chi connectivity index (χ1) is 21.5. The summed E-state index contributed by atoms with van der Waals surface area (Å²) in [4.78, 5) is 42.0. The van der Waals surface area contributed by atoms with Gasteiger partial charge in [0.1, 0.15) is 29.7 Å². The molecule has 9 nitrogen and oxygen atoms in total. The zero-order valence-corrected chi connectivity index (χ0v) is 23.7. The number of nitrogens with one attached hydrogen (secondary N) is 2. The van der Waals surface area contributed by atoms with E-state index >= 15 is 0 Å². The quantitative estimate of drug-likeness (QED) is 0.114. The Morgan fingerprint density at radius 3 is 2.41 bits per heavy atom. The van der Waals surface area contributed by atoms with E-state index in [-0.39, 0.29) is 24.4 Å². The second-order valence-electron chi connectivity index (χ2n) is 10.1. The molecule has 0 saturated heterocycles. The predicted octanol–water partition coefficient (Wildman–Crippen LogP) is 6.39. The minimum absolute atomic E-state index is 0.0434. The van der Waals surface area contributed by atoms with Crippen molar-refractivity contribution in [1.82, 2.24) is 10.3 Å². The molecule has 0 saturated carbocycles. The van der Waals surface area contributed by atoms with Crippen molar-refractivity contribution in [2.24, 2.45) is 0 Å². The molecule has 6 aromatic rings.